The Bertz CT molecular complexity index is 1590. The number of hydrogen-bond acceptors (Lipinski definition) is 1. The standard InChI is InChI=1S/C28H16S/c1-2-6-19(7-3-1)10-11-20-12-15-27-26(16-20)24-14-13-23-17-21-8-4-5-9-22(21)18-25(23)28(24)29-27/h1-9,12-18H. The molecule has 0 nitrogen and oxygen atoms in total. The van der Waals surface area contributed by atoms with Crippen molar-refractivity contribution in [1.29, 1.82) is 0 Å². The second-order valence-corrected chi connectivity index (χ2v) is 8.34. The lowest BCUT2D eigenvalue weighted by Crippen LogP contribution is -1.77. The van der Waals surface area contributed by atoms with Crippen LogP contribution >= 0.6 is 11.3 Å². The van der Waals surface area contributed by atoms with Crippen molar-refractivity contribution in [3.05, 3.63) is 108 Å². The summed E-state index contributed by atoms with van der Waals surface area (Å²) in [6, 6.07) is 34.4. The first kappa shape index (κ1) is 16.4. The van der Waals surface area contributed by atoms with Gasteiger partial charge in [0.25, 0.3) is 0 Å². The van der Waals surface area contributed by atoms with Gasteiger partial charge in [0.1, 0.15) is 0 Å². The zero-order chi connectivity index (χ0) is 19.2. The molecule has 29 heavy (non-hydrogen) atoms. The molecule has 0 aliphatic carbocycles. The minimum absolute atomic E-state index is 1.04. The molecule has 0 spiro atoms. The van der Waals surface area contributed by atoms with E-state index in [1.54, 1.807) is 0 Å². The summed E-state index contributed by atoms with van der Waals surface area (Å²) in [4.78, 5) is 0. The molecule has 0 amide bonds. The summed E-state index contributed by atoms with van der Waals surface area (Å²) >= 11 is 1.87. The van der Waals surface area contributed by atoms with E-state index in [4.69, 9.17) is 0 Å². The molecule has 134 valence electrons. The molecule has 0 unspecified atom stereocenters. The van der Waals surface area contributed by atoms with Gasteiger partial charge in [0.05, 0.1) is 0 Å². The second kappa shape index (κ2) is 6.48. The molecule has 6 aromatic rings. The summed E-state index contributed by atoms with van der Waals surface area (Å²) in [6.45, 7) is 0. The van der Waals surface area contributed by atoms with Gasteiger partial charge in [-0.05, 0) is 58.6 Å². The van der Waals surface area contributed by atoms with Gasteiger partial charge in [0.15, 0.2) is 0 Å². The zero-order valence-corrected chi connectivity index (χ0v) is 16.5. The molecular formula is C28H16S. The molecule has 0 atom stereocenters. The molecule has 1 heterocycles. The van der Waals surface area contributed by atoms with E-state index in [1.807, 2.05) is 41.7 Å². The maximum absolute atomic E-state index is 3.32. The van der Waals surface area contributed by atoms with Crippen LogP contribution in [0.5, 0.6) is 0 Å². The fourth-order valence-electron chi connectivity index (χ4n) is 3.99. The quantitative estimate of drug-likeness (QED) is 0.185. The highest BCUT2D eigenvalue weighted by Gasteiger charge is 2.09. The van der Waals surface area contributed by atoms with Crippen LogP contribution in [0.25, 0.3) is 41.7 Å². The van der Waals surface area contributed by atoms with Crippen LogP contribution in [0, 0.1) is 11.8 Å². The normalized spacial score (nSPS) is 11.2. The van der Waals surface area contributed by atoms with Gasteiger partial charge < -0.3 is 0 Å². The van der Waals surface area contributed by atoms with Crippen molar-refractivity contribution < 1.29 is 0 Å². The minimum Gasteiger partial charge on any atom is -0.135 e. The van der Waals surface area contributed by atoms with E-state index in [1.165, 1.54) is 41.7 Å². The molecule has 1 aromatic heterocycles. The minimum atomic E-state index is 1.04. The predicted molar refractivity (Wildman–Crippen MR) is 127 cm³/mol. The van der Waals surface area contributed by atoms with E-state index in [0.717, 1.165) is 11.1 Å². The van der Waals surface area contributed by atoms with E-state index in [0.29, 0.717) is 0 Å². The number of fused-ring (bicyclic) bond motifs is 6. The molecule has 0 N–H and O–H groups in total. The number of rotatable bonds is 0. The molecule has 0 aliphatic heterocycles. The van der Waals surface area contributed by atoms with Crippen LogP contribution in [0.3, 0.4) is 0 Å². The molecule has 0 saturated carbocycles. The Labute approximate surface area is 173 Å². The topological polar surface area (TPSA) is 0 Å². The maximum Gasteiger partial charge on any atom is 0.0434 e. The van der Waals surface area contributed by atoms with E-state index in [9.17, 15) is 0 Å². The van der Waals surface area contributed by atoms with Crippen molar-refractivity contribution in [2.24, 2.45) is 0 Å². The van der Waals surface area contributed by atoms with Gasteiger partial charge >= 0.3 is 0 Å². The summed E-state index contributed by atoms with van der Waals surface area (Å²) in [5, 5.41) is 7.82. The van der Waals surface area contributed by atoms with Crippen LogP contribution in [0.15, 0.2) is 97.1 Å². The highest BCUT2D eigenvalue weighted by Crippen LogP contribution is 2.39. The molecule has 5 aromatic carbocycles. The molecule has 0 saturated heterocycles. The maximum atomic E-state index is 3.32. The van der Waals surface area contributed by atoms with Crippen molar-refractivity contribution in [3.8, 4) is 11.8 Å². The van der Waals surface area contributed by atoms with Gasteiger partial charge in [-0.15, -0.1) is 11.3 Å². The molecule has 0 bridgehead atoms. The Hall–Kier alpha value is -3.60. The number of hydrogen-bond donors (Lipinski definition) is 0. The average molecular weight is 385 g/mol. The summed E-state index contributed by atoms with van der Waals surface area (Å²) in [7, 11) is 0. The third-order valence-corrected chi connectivity index (χ3v) is 6.66. The van der Waals surface area contributed by atoms with Crippen molar-refractivity contribution in [2.75, 3.05) is 0 Å². The fraction of sp³-hybridized carbons (Fsp3) is 0. The molecule has 6 rings (SSSR count). The second-order valence-electron chi connectivity index (χ2n) is 7.29. The lowest BCUT2D eigenvalue weighted by atomic mass is 10.0. The number of thiophene rings is 1. The van der Waals surface area contributed by atoms with Gasteiger partial charge in [0.2, 0.25) is 0 Å². The fourth-order valence-corrected chi connectivity index (χ4v) is 5.20. The van der Waals surface area contributed by atoms with Crippen LogP contribution in [0.1, 0.15) is 11.1 Å². The van der Waals surface area contributed by atoms with Crippen LogP contribution in [0.2, 0.25) is 0 Å². The third-order valence-electron chi connectivity index (χ3n) is 5.44. The first-order valence-electron chi connectivity index (χ1n) is 9.70. The first-order chi connectivity index (χ1) is 14.3. The van der Waals surface area contributed by atoms with E-state index < -0.39 is 0 Å². The SMILES string of the molecule is C(#Cc1ccc2sc3c4cc5ccccc5cc4ccc3c2c1)c1ccccc1. The van der Waals surface area contributed by atoms with Crippen LogP contribution in [0.4, 0.5) is 0 Å². The van der Waals surface area contributed by atoms with Gasteiger partial charge in [-0.25, -0.2) is 0 Å². The predicted octanol–water partition coefficient (Wildman–Crippen LogP) is 7.76. The van der Waals surface area contributed by atoms with Gasteiger partial charge in [0, 0.05) is 36.7 Å². The van der Waals surface area contributed by atoms with Crippen LogP contribution < -0.4 is 0 Å². The lowest BCUT2D eigenvalue weighted by molar-refractivity contribution is 1.64. The Kier molecular flexibility index (Phi) is 3.66. The van der Waals surface area contributed by atoms with Crippen molar-refractivity contribution in [1.82, 2.24) is 0 Å². The van der Waals surface area contributed by atoms with Crippen LogP contribution in [-0.4, -0.2) is 0 Å². The summed E-state index contributed by atoms with van der Waals surface area (Å²) in [5.41, 5.74) is 2.10. The van der Waals surface area contributed by atoms with Crippen molar-refractivity contribution in [2.45, 2.75) is 0 Å². The summed E-state index contributed by atoms with van der Waals surface area (Å²) in [6.07, 6.45) is 0. The van der Waals surface area contributed by atoms with E-state index >= 15 is 0 Å². The Morgan fingerprint density at radius 1 is 0.483 bits per heavy atom. The van der Waals surface area contributed by atoms with Crippen molar-refractivity contribution >= 4 is 53.1 Å². The first-order valence-corrected chi connectivity index (χ1v) is 10.5. The Balaban J connectivity index is 1.57. The van der Waals surface area contributed by atoms with E-state index in [-0.39, 0.29) is 0 Å². The number of benzene rings is 5. The molecular weight excluding hydrogens is 368 g/mol. The summed E-state index contributed by atoms with van der Waals surface area (Å²) in [5.74, 6) is 6.59. The molecule has 0 aliphatic rings. The van der Waals surface area contributed by atoms with Gasteiger partial charge in [-0.3, -0.25) is 0 Å². The van der Waals surface area contributed by atoms with Crippen molar-refractivity contribution in [3.63, 3.8) is 0 Å². The smallest absolute Gasteiger partial charge is 0.0434 e. The summed E-state index contributed by atoms with van der Waals surface area (Å²) < 4.78 is 2.67. The Morgan fingerprint density at radius 3 is 2.10 bits per heavy atom. The molecule has 0 radical (unpaired) electrons. The largest absolute Gasteiger partial charge is 0.135 e. The van der Waals surface area contributed by atoms with E-state index in [2.05, 4.69) is 78.6 Å². The lowest BCUT2D eigenvalue weighted by Gasteiger charge is -2.03. The van der Waals surface area contributed by atoms with Gasteiger partial charge in [-0.1, -0.05) is 66.4 Å². The monoisotopic (exact) mass is 384 g/mol. The van der Waals surface area contributed by atoms with Crippen LogP contribution in [-0.2, 0) is 0 Å². The molecule has 1 heteroatoms. The highest BCUT2D eigenvalue weighted by atomic mass is 32.1. The average Bonchev–Trinajstić information content (AvgIpc) is 3.15. The van der Waals surface area contributed by atoms with Gasteiger partial charge in [-0.2, -0.15) is 0 Å². The zero-order valence-electron chi connectivity index (χ0n) is 15.6. The Morgan fingerprint density at radius 2 is 1.24 bits per heavy atom. The third kappa shape index (κ3) is 2.78. The highest BCUT2D eigenvalue weighted by molar-refractivity contribution is 7.26. The molecule has 0 fully saturated rings.